The topological polar surface area (TPSA) is 106 Å². The van der Waals surface area contributed by atoms with Gasteiger partial charge in [-0.3, -0.25) is 9.89 Å². The summed E-state index contributed by atoms with van der Waals surface area (Å²) >= 11 is 0. The van der Waals surface area contributed by atoms with Gasteiger partial charge in [-0.2, -0.15) is 10.1 Å². The SMILES string of the molecule is O=C(c1[nH]nc2c1COc1ccccc1-2)N1CCC(OCc2nc(C3CC3)no2)CC1. The summed E-state index contributed by atoms with van der Waals surface area (Å²) in [4.78, 5) is 19.4. The Morgan fingerprint density at radius 2 is 2.03 bits per heavy atom. The van der Waals surface area contributed by atoms with Crippen LogP contribution in [0.5, 0.6) is 5.75 Å². The zero-order valence-corrected chi connectivity index (χ0v) is 17.0. The van der Waals surface area contributed by atoms with Crippen LogP contribution in [0.1, 0.15) is 59.4 Å². The first-order chi connectivity index (χ1) is 15.3. The number of aromatic nitrogens is 4. The molecule has 0 bridgehead atoms. The third kappa shape index (κ3) is 3.48. The number of fused-ring (bicyclic) bond motifs is 3. The van der Waals surface area contributed by atoms with E-state index in [2.05, 4.69) is 20.3 Å². The smallest absolute Gasteiger partial charge is 0.272 e. The minimum Gasteiger partial charge on any atom is -0.488 e. The molecule has 160 valence electrons. The van der Waals surface area contributed by atoms with Gasteiger partial charge in [-0.05, 0) is 37.8 Å². The van der Waals surface area contributed by atoms with Crippen LogP contribution >= 0.6 is 0 Å². The minimum atomic E-state index is -0.0406. The van der Waals surface area contributed by atoms with Crippen molar-refractivity contribution in [2.24, 2.45) is 0 Å². The normalized spacial score (nSPS) is 18.4. The van der Waals surface area contributed by atoms with Crippen LogP contribution in [-0.4, -0.2) is 50.3 Å². The predicted octanol–water partition coefficient (Wildman–Crippen LogP) is 3.05. The van der Waals surface area contributed by atoms with Crippen LogP contribution in [0.2, 0.25) is 0 Å². The molecule has 1 amide bonds. The second kappa shape index (κ2) is 7.49. The van der Waals surface area contributed by atoms with Crippen molar-refractivity contribution in [1.29, 1.82) is 0 Å². The Labute approximate surface area is 178 Å². The summed E-state index contributed by atoms with van der Waals surface area (Å²) in [6, 6.07) is 7.75. The lowest BCUT2D eigenvalue weighted by atomic mass is 10.0. The van der Waals surface area contributed by atoms with E-state index in [0.29, 0.717) is 43.8 Å². The van der Waals surface area contributed by atoms with Crippen molar-refractivity contribution in [3.05, 3.63) is 47.2 Å². The maximum absolute atomic E-state index is 13.1. The number of aromatic amines is 1. The zero-order valence-electron chi connectivity index (χ0n) is 17.0. The van der Waals surface area contributed by atoms with E-state index in [1.165, 1.54) is 0 Å². The van der Waals surface area contributed by atoms with Gasteiger partial charge < -0.3 is 18.9 Å². The number of rotatable bonds is 5. The highest BCUT2D eigenvalue weighted by molar-refractivity contribution is 5.96. The molecule has 1 aromatic carbocycles. The third-order valence-electron chi connectivity index (χ3n) is 6.19. The molecule has 31 heavy (non-hydrogen) atoms. The van der Waals surface area contributed by atoms with Gasteiger partial charge in [0.2, 0.25) is 0 Å². The Bertz CT molecular complexity index is 1110. The molecular weight excluding hydrogens is 398 g/mol. The van der Waals surface area contributed by atoms with E-state index in [-0.39, 0.29) is 12.0 Å². The van der Waals surface area contributed by atoms with Crippen molar-refractivity contribution in [3.8, 4) is 17.0 Å². The molecule has 2 fully saturated rings. The van der Waals surface area contributed by atoms with Crippen molar-refractivity contribution < 1.29 is 18.8 Å². The van der Waals surface area contributed by atoms with E-state index in [0.717, 1.165) is 54.1 Å². The van der Waals surface area contributed by atoms with E-state index in [9.17, 15) is 4.79 Å². The number of hydrogen-bond donors (Lipinski definition) is 1. The molecule has 0 unspecified atom stereocenters. The summed E-state index contributed by atoms with van der Waals surface area (Å²) in [6.45, 7) is 1.93. The van der Waals surface area contributed by atoms with E-state index in [1.54, 1.807) is 0 Å². The number of benzene rings is 1. The highest BCUT2D eigenvalue weighted by Crippen LogP contribution is 2.38. The monoisotopic (exact) mass is 421 g/mol. The molecule has 3 aromatic rings. The second-order valence-corrected chi connectivity index (χ2v) is 8.33. The predicted molar refractivity (Wildman–Crippen MR) is 108 cm³/mol. The highest BCUT2D eigenvalue weighted by atomic mass is 16.5. The molecule has 0 atom stereocenters. The molecule has 2 aromatic heterocycles. The first kappa shape index (κ1) is 18.6. The number of carbonyl (C=O) groups is 1. The average molecular weight is 421 g/mol. The number of H-pyrrole nitrogens is 1. The number of carbonyl (C=O) groups excluding carboxylic acids is 1. The number of likely N-dealkylation sites (tertiary alicyclic amines) is 1. The molecule has 2 aliphatic heterocycles. The highest BCUT2D eigenvalue weighted by Gasteiger charge is 2.31. The van der Waals surface area contributed by atoms with Gasteiger partial charge in [0.1, 0.15) is 30.4 Å². The van der Waals surface area contributed by atoms with Gasteiger partial charge in [-0.25, -0.2) is 0 Å². The molecule has 6 rings (SSSR count). The number of hydrogen-bond acceptors (Lipinski definition) is 7. The van der Waals surface area contributed by atoms with Gasteiger partial charge in [-0.15, -0.1) is 0 Å². The molecule has 1 saturated heterocycles. The van der Waals surface area contributed by atoms with Gasteiger partial charge in [0.05, 0.1) is 6.10 Å². The fourth-order valence-corrected chi connectivity index (χ4v) is 4.25. The summed E-state index contributed by atoms with van der Waals surface area (Å²) < 4.78 is 17.1. The Balaban J connectivity index is 1.07. The number of piperidine rings is 1. The molecule has 3 aliphatic rings. The Morgan fingerprint density at radius 3 is 2.87 bits per heavy atom. The molecular formula is C22H23N5O4. The standard InChI is InChI=1S/C22H23N5O4/c28-22(20-16-11-30-17-4-2-1-3-15(17)19(16)24-25-20)27-9-7-14(8-10-27)29-12-18-23-21(26-31-18)13-5-6-13/h1-4,13-14H,5-12H2,(H,24,25). The van der Waals surface area contributed by atoms with Crippen molar-refractivity contribution in [2.45, 2.75) is 50.9 Å². The van der Waals surface area contributed by atoms with Gasteiger partial charge in [0.25, 0.3) is 11.8 Å². The molecule has 1 aliphatic carbocycles. The number of ether oxygens (including phenoxy) is 2. The number of amides is 1. The summed E-state index contributed by atoms with van der Waals surface area (Å²) in [6.07, 6.45) is 3.90. The molecule has 9 nitrogen and oxygen atoms in total. The van der Waals surface area contributed by atoms with Crippen molar-refractivity contribution in [3.63, 3.8) is 0 Å². The van der Waals surface area contributed by atoms with Crippen molar-refractivity contribution >= 4 is 5.91 Å². The molecule has 0 spiro atoms. The average Bonchev–Trinajstić information content (AvgIpc) is 3.40. The summed E-state index contributed by atoms with van der Waals surface area (Å²) in [5.41, 5.74) is 3.05. The van der Waals surface area contributed by atoms with E-state index < -0.39 is 0 Å². The maximum atomic E-state index is 13.1. The van der Waals surface area contributed by atoms with Crippen LogP contribution in [0.3, 0.4) is 0 Å². The third-order valence-corrected chi connectivity index (χ3v) is 6.19. The summed E-state index contributed by atoms with van der Waals surface area (Å²) in [5.74, 6) is 2.56. The molecule has 1 saturated carbocycles. The van der Waals surface area contributed by atoms with Crippen molar-refractivity contribution in [2.75, 3.05) is 13.1 Å². The van der Waals surface area contributed by atoms with E-state index in [4.69, 9.17) is 14.0 Å². The van der Waals surface area contributed by atoms with Gasteiger partial charge >= 0.3 is 0 Å². The van der Waals surface area contributed by atoms with Crippen LogP contribution in [0.15, 0.2) is 28.8 Å². The molecule has 0 radical (unpaired) electrons. The van der Waals surface area contributed by atoms with Gasteiger partial charge in [0.15, 0.2) is 5.82 Å². The largest absolute Gasteiger partial charge is 0.488 e. The number of nitrogens with one attached hydrogen (secondary N) is 1. The Morgan fingerprint density at radius 1 is 1.19 bits per heavy atom. The zero-order chi connectivity index (χ0) is 20.8. The first-order valence-corrected chi connectivity index (χ1v) is 10.8. The fraction of sp³-hybridized carbons (Fsp3) is 0.455. The second-order valence-electron chi connectivity index (χ2n) is 8.33. The van der Waals surface area contributed by atoms with E-state index in [1.807, 2.05) is 29.2 Å². The van der Waals surface area contributed by atoms with Crippen LogP contribution in [0.25, 0.3) is 11.3 Å². The van der Waals surface area contributed by atoms with Crippen LogP contribution < -0.4 is 4.74 Å². The van der Waals surface area contributed by atoms with Crippen LogP contribution in [0.4, 0.5) is 0 Å². The number of nitrogens with zero attached hydrogens (tertiary/aromatic N) is 4. The van der Waals surface area contributed by atoms with Crippen LogP contribution in [0, 0.1) is 0 Å². The summed E-state index contributed by atoms with van der Waals surface area (Å²) in [5, 5.41) is 11.4. The fourth-order valence-electron chi connectivity index (χ4n) is 4.25. The maximum Gasteiger partial charge on any atom is 0.272 e. The van der Waals surface area contributed by atoms with Gasteiger partial charge in [0, 0.05) is 30.1 Å². The molecule has 4 heterocycles. The quantitative estimate of drug-likeness (QED) is 0.675. The lowest BCUT2D eigenvalue weighted by Gasteiger charge is -2.31. The number of para-hydroxylation sites is 1. The van der Waals surface area contributed by atoms with Crippen LogP contribution in [-0.2, 0) is 18.0 Å². The minimum absolute atomic E-state index is 0.0406. The lowest BCUT2D eigenvalue weighted by Crippen LogP contribution is -2.41. The first-order valence-electron chi connectivity index (χ1n) is 10.8. The Hall–Kier alpha value is -3.20. The Kier molecular flexibility index (Phi) is 4.48. The summed E-state index contributed by atoms with van der Waals surface area (Å²) in [7, 11) is 0. The van der Waals surface area contributed by atoms with Gasteiger partial charge in [-0.1, -0.05) is 17.3 Å². The molecule has 1 N–H and O–H groups in total. The molecule has 9 heteroatoms. The van der Waals surface area contributed by atoms with Crippen molar-refractivity contribution in [1.82, 2.24) is 25.2 Å². The van der Waals surface area contributed by atoms with E-state index >= 15 is 0 Å². The lowest BCUT2D eigenvalue weighted by molar-refractivity contribution is -0.00992.